The van der Waals surface area contributed by atoms with E-state index in [2.05, 4.69) is 0 Å². The summed E-state index contributed by atoms with van der Waals surface area (Å²) in [4.78, 5) is 26.1. The lowest BCUT2D eigenvalue weighted by molar-refractivity contribution is -0.142. The first-order valence-electron chi connectivity index (χ1n) is 8.60. The predicted octanol–water partition coefficient (Wildman–Crippen LogP) is 2.61. The summed E-state index contributed by atoms with van der Waals surface area (Å²) in [6, 6.07) is 11.5. The molecule has 0 aliphatic heterocycles. The lowest BCUT2D eigenvalue weighted by Crippen LogP contribution is -2.42. The number of amides is 2. The van der Waals surface area contributed by atoms with Gasteiger partial charge in [-0.25, -0.2) is 0 Å². The highest BCUT2D eigenvalue weighted by atomic mass is 16.2. The van der Waals surface area contributed by atoms with Crippen molar-refractivity contribution in [3.05, 3.63) is 35.9 Å². The van der Waals surface area contributed by atoms with Crippen molar-refractivity contribution >= 4 is 11.8 Å². The number of hydrogen-bond donors (Lipinski definition) is 1. The van der Waals surface area contributed by atoms with E-state index in [1.54, 1.807) is 0 Å². The Balaban J connectivity index is 2.08. The Hall–Kier alpha value is -2.35. The standard InChI is InChI=1S/C19H25N3O2/c20-11-12-22(14-16-9-5-2-6-10-16)19(24)17(18(21)23)13-15-7-3-1-4-8-15/h2,5-6,9-10,15,17H,1,3-4,7-8,12-14H2,(H2,21,23). The Morgan fingerprint density at radius 2 is 1.88 bits per heavy atom. The Morgan fingerprint density at radius 3 is 2.46 bits per heavy atom. The largest absolute Gasteiger partial charge is 0.369 e. The molecule has 5 nitrogen and oxygen atoms in total. The van der Waals surface area contributed by atoms with Crippen LogP contribution in [0.3, 0.4) is 0 Å². The van der Waals surface area contributed by atoms with E-state index in [0.29, 0.717) is 18.9 Å². The normalized spacial score (nSPS) is 16.1. The van der Waals surface area contributed by atoms with Crippen molar-refractivity contribution in [3.63, 3.8) is 0 Å². The molecule has 1 aromatic rings. The first kappa shape index (κ1) is 18.0. The van der Waals surface area contributed by atoms with Crippen LogP contribution < -0.4 is 5.73 Å². The molecule has 128 valence electrons. The Morgan fingerprint density at radius 1 is 1.21 bits per heavy atom. The molecular weight excluding hydrogens is 302 g/mol. The lowest BCUT2D eigenvalue weighted by atomic mass is 9.82. The minimum absolute atomic E-state index is 0.0395. The molecule has 0 spiro atoms. The number of rotatable bonds is 7. The van der Waals surface area contributed by atoms with Crippen molar-refractivity contribution in [2.75, 3.05) is 6.54 Å². The maximum atomic E-state index is 12.8. The number of nitrogens with two attached hydrogens (primary N) is 1. The zero-order valence-corrected chi connectivity index (χ0v) is 14.0. The van der Waals surface area contributed by atoms with E-state index in [4.69, 9.17) is 11.0 Å². The van der Waals surface area contributed by atoms with E-state index in [1.165, 1.54) is 11.3 Å². The molecule has 2 N–H and O–H groups in total. The van der Waals surface area contributed by atoms with Gasteiger partial charge in [-0.15, -0.1) is 0 Å². The molecule has 0 bridgehead atoms. The number of primary amides is 1. The van der Waals surface area contributed by atoms with E-state index in [9.17, 15) is 9.59 Å². The fraction of sp³-hybridized carbons (Fsp3) is 0.526. The van der Waals surface area contributed by atoms with Crippen molar-refractivity contribution in [1.29, 1.82) is 5.26 Å². The molecule has 2 rings (SSSR count). The van der Waals surface area contributed by atoms with Crippen LogP contribution in [-0.2, 0) is 16.1 Å². The van der Waals surface area contributed by atoms with Gasteiger partial charge in [-0.05, 0) is 17.9 Å². The van der Waals surface area contributed by atoms with Crippen molar-refractivity contribution in [3.8, 4) is 6.07 Å². The molecule has 1 aromatic carbocycles. The SMILES string of the molecule is N#CCN(Cc1ccccc1)C(=O)C(CC1CCCCC1)C(N)=O. The van der Waals surface area contributed by atoms with Gasteiger partial charge in [-0.2, -0.15) is 5.26 Å². The molecule has 2 amide bonds. The quantitative estimate of drug-likeness (QED) is 0.617. The monoisotopic (exact) mass is 327 g/mol. The molecule has 1 aliphatic rings. The molecule has 1 unspecified atom stereocenters. The molecule has 1 atom stereocenters. The van der Waals surface area contributed by atoms with Crippen LogP contribution >= 0.6 is 0 Å². The predicted molar refractivity (Wildman–Crippen MR) is 91.3 cm³/mol. The number of benzene rings is 1. The fourth-order valence-corrected chi connectivity index (χ4v) is 3.42. The first-order chi connectivity index (χ1) is 11.6. The van der Waals surface area contributed by atoms with Gasteiger partial charge in [0, 0.05) is 6.54 Å². The maximum absolute atomic E-state index is 12.8. The minimum Gasteiger partial charge on any atom is -0.369 e. The van der Waals surface area contributed by atoms with Crippen molar-refractivity contribution in [2.24, 2.45) is 17.6 Å². The van der Waals surface area contributed by atoms with Gasteiger partial charge in [0.2, 0.25) is 11.8 Å². The number of carbonyl (C=O) groups is 2. The second kappa shape index (κ2) is 9.07. The van der Waals surface area contributed by atoms with Crippen LogP contribution in [0.25, 0.3) is 0 Å². The first-order valence-corrected chi connectivity index (χ1v) is 8.60. The van der Waals surface area contributed by atoms with E-state index in [-0.39, 0.29) is 12.5 Å². The summed E-state index contributed by atoms with van der Waals surface area (Å²) < 4.78 is 0. The molecule has 0 saturated heterocycles. The maximum Gasteiger partial charge on any atom is 0.236 e. The summed E-state index contributed by atoms with van der Waals surface area (Å²) in [6.07, 6.45) is 6.12. The third kappa shape index (κ3) is 5.09. The third-order valence-corrected chi connectivity index (χ3v) is 4.72. The van der Waals surface area contributed by atoms with Gasteiger partial charge in [-0.1, -0.05) is 62.4 Å². The Bertz CT molecular complexity index is 588. The van der Waals surface area contributed by atoms with Crippen LogP contribution in [-0.4, -0.2) is 23.3 Å². The Kier molecular flexibility index (Phi) is 6.80. The smallest absolute Gasteiger partial charge is 0.236 e. The van der Waals surface area contributed by atoms with Crippen LogP contribution in [0.1, 0.15) is 44.1 Å². The van der Waals surface area contributed by atoms with Gasteiger partial charge >= 0.3 is 0 Å². The van der Waals surface area contributed by atoms with Crippen molar-refractivity contribution < 1.29 is 9.59 Å². The number of nitrogens with zero attached hydrogens (tertiary/aromatic N) is 2. The molecule has 1 fully saturated rings. The van der Waals surface area contributed by atoms with Gasteiger partial charge in [-0.3, -0.25) is 9.59 Å². The molecule has 5 heteroatoms. The summed E-state index contributed by atoms with van der Waals surface area (Å²) in [5.41, 5.74) is 6.45. The van der Waals surface area contributed by atoms with Crippen LogP contribution in [0.2, 0.25) is 0 Å². The molecule has 1 saturated carbocycles. The minimum atomic E-state index is -0.829. The highest BCUT2D eigenvalue weighted by molar-refractivity contribution is 5.99. The summed E-state index contributed by atoms with van der Waals surface area (Å²) >= 11 is 0. The highest BCUT2D eigenvalue weighted by Gasteiger charge is 2.32. The van der Waals surface area contributed by atoms with Gasteiger partial charge in [0.05, 0.1) is 6.07 Å². The van der Waals surface area contributed by atoms with E-state index in [1.807, 2.05) is 36.4 Å². The second-order valence-corrected chi connectivity index (χ2v) is 6.53. The second-order valence-electron chi connectivity index (χ2n) is 6.53. The van der Waals surface area contributed by atoms with Gasteiger partial charge < -0.3 is 10.6 Å². The van der Waals surface area contributed by atoms with Crippen LogP contribution in [0.4, 0.5) is 0 Å². The molecular formula is C19H25N3O2. The number of hydrogen-bond acceptors (Lipinski definition) is 3. The molecule has 0 heterocycles. The van der Waals surface area contributed by atoms with Crippen LogP contribution in [0.15, 0.2) is 30.3 Å². The molecule has 1 aliphatic carbocycles. The van der Waals surface area contributed by atoms with Crippen molar-refractivity contribution in [2.45, 2.75) is 45.1 Å². The third-order valence-electron chi connectivity index (χ3n) is 4.72. The number of nitriles is 1. The van der Waals surface area contributed by atoms with Gasteiger partial charge in [0.1, 0.15) is 12.5 Å². The molecule has 0 aromatic heterocycles. The molecule has 24 heavy (non-hydrogen) atoms. The average molecular weight is 327 g/mol. The summed E-state index contributed by atoms with van der Waals surface area (Å²) in [5.74, 6) is -1.36. The van der Waals surface area contributed by atoms with E-state index < -0.39 is 11.8 Å². The van der Waals surface area contributed by atoms with E-state index in [0.717, 1.165) is 31.2 Å². The summed E-state index contributed by atoms with van der Waals surface area (Å²) in [6.45, 7) is 0.282. The number of carbonyl (C=O) groups excluding carboxylic acids is 2. The van der Waals surface area contributed by atoms with Gasteiger partial charge in [0.25, 0.3) is 0 Å². The topological polar surface area (TPSA) is 87.2 Å². The zero-order valence-electron chi connectivity index (χ0n) is 14.0. The fourth-order valence-electron chi connectivity index (χ4n) is 3.42. The van der Waals surface area contributed by atoms with Crippen LogP contribution in [0.5, 0.6) is 0 Å². The Labute approximate surface area is 143 Å². The van der Waals surface area contributed by atoms with Crippen molar-refractivity contribution in [1.82, 2.24) is 4.90 Å². The summed E-state index contributed by atoms with van der Waals surface area (Å²) in [7, 11) is 0. The lowest BCUT2D eigenvalue weighted by Gasteiger charge is -2.28. The molecule has 0 radical (unpaired) electrons. The van der Waals surface area contributed by atoms with Crippen LogP contribution in [0, 0.1) is 23.2 Å². The van der Waals surface area contributed by atoms with E-state index >= 15 is 0 Å². The van der Waals surface area contributed by atoms with Gasteiger partial charge in [0.15, 0.2) is 0 Å². The highest BCUT2D eigenvalue weighted by Crippen LogP contribution is 2.30. The zero-order chi connectivity index (χ0) is 17.4. The average Bonchev–Trinajstić information content (AvgIpc) is 2.60. The summed E-state index contributed by atoms with van der Waals surface area (Å²) in [5, 5.41) is 9.05.